The van der Waals surface area contributed by atoms with Crippen LogP contribution in [0.25, 0.3) is 0 Å². The van der Waals surface area contributed by atoms with E-state index in [2.05, 4.69) is 43.5 Å². The predicted octanol–water partition coefficient (Wildman–Crippen LogP) is 5.16. The van der Waals surface area contributed by atoms with Crippen molar-refractivity contribution in [3.8, 4) is 0 Å². The number of hydrogen-bond acceptors (Lipinski definition) is 5. The minimum absolute atomic E-state index is 0.129. The molecule has 0 saturated carbocycles. The number of hydrogen-bond donors (Lipinski definition) is 0. The van der Waals surface area contributed by atoms with Crippen molar-refractivity contribution in [2.45, 2.75) is 59.2 Å². The molecule has 1 aromatic heterocycles. The molecule has 0 atom stereocenters. The number of rotatable bonds is 3. The highest BCUT2D eigenvalue weighted by atomic mass is 127. The van der Waals surface area contributed by atoms with Gasteiger partial charge in [0.2, 0.25) is 0 Å². The standard InChI is InChI=1S/C17H24BrIN2O4/c1-16(2,3)24-14(22)21(15(23)25-17(4,5)6)10-8-11-12(18)7-9-20-13(11)19/h7,9H,8,10H2,1-6H3. The van der Waals surface area contributed by atoms with Gasteiger partial charge in [0.15, 0.2) is 0 Å². The highest BCUT2D eigenvalue weighted by molar-refractivity contribution is 14.1. The zero-order chi connectivity index (χ0) is 19.4. The first kappa shape index (κ1) is 22.1. The summed E-state index contributed by atoms with van der Waals surface area (Å²) in [7, 11) is 0. The number of ether oxygens (including phenoxy) is 2. The molecular formula is C17H24BrIN2O4. The smallest absolute Gasteiger partial charge is 0.419 e. The van der Waals surface area contributed by atoms with E-state index in [9.17, 15) is 9.59 Å². The maximum absolute atomic E-state index is 12.5. The van der Waals surface area contributed by atoms with Crippen LogP contribution in [-0.4, -0.2) is 39.8 Å². The molecule has 0 aliphatic carbocycles. The molecule has 6 nitrogen and oxygen atoms in total. The van der Waals surface area contributed by atoms with Crippen molar-refractivity contribution in [3.05, 3.63) is 26.0 Å². The van der Waals surface area contributed by atoms with Crippen molar-refractivity contribution in [2.75, 3.05) is 6.54 Å². The maximum atomic E-state index is 12.5. The van der Waals surface area contributed by atoms with Crippen LogP contribution < -0.4 is 0 Å². The molecule has 25 heavy (non-hydrogen) atoms. The number of imide groups is 1. The Hall–Kier alpha value is -0.900. The van der Waals surface area contributed by atoms with Crippen LogP contribution in [0, 0.1) is 3.70 Å². The average molecular weight is 527 g/mol. The minimum Gasteiger partial charge on any atom is -0.443 e. The second-order valence-corrected chi connectivity index (χ2v) is 9.30. The van der Waals surface area contributed by atoms with Crippen LogP contribution in [-0.2, 0) is 15.9 Å². The van der Waals surface area contributed by atoms with Gasteiger partial charge in [0, 0.05) is 17.2 Å². The first-order chi connectivity index (χ1) is 11.3. The van der Waals surface area contributed by atoms with Crippen molar-refractivity contribution in [3.63, 3.8) is 0 Å². The summed E-state index contributed by atoms with van der Waals surface area (Å²) in [4.78, 5) is 30.1. The molecule has 1 aromatic rings. The molecule has 0 fully saturated rings. The summed E-state index contributed by atoms with van der Waals surface area (Å²) >= 11 is 5.59. The van der Waals surface area contributed by atoms with Crippen molar-refractivity contribution in [1.82, 2.24) is 9.88 Å². The van der Waals surface area contributed by atoms with Crippen LogP contribution in [0.2, 0.25) is 0 Å². The lowest BCUT2D eigenvalue weighted by Gasteiger charge is -2.28. The van der Waals surface area contributed by atoms with E-state index in [-0.39, 0.29) is 6.54 Å². The summed E-state index contributed by atoms with van der Waals surface area (Å²) in [5, 5.41) is 0. The summed E-state index contributed by atoms with van der Waals surface area (Å²) in [6.45, 7) is 10.6. The fourth-order valence-electron chi connectivity index (χ4n) is 1.78. The molecule has 2 amide bonds. The fraction of sp³-hybridized carbons (Fsp3) is 0.588. The first-order valence-corrected chi connectivity index (χ1v) is 9.70. The summed E-state index contributed by atoms with van der Waals surface area (Å²) in [6, 6.07) is 1.82. The van der Waals surface area contributed by atoms with Gasteiger partial charge < -0.3 is 9.47 Å². The second-order valence-electron chi connectivity index (χ2n) is 7.42. The molecule has 8 heteroatoms. The molecule has 140 valence electrons. The normalized spacial score (nSPS) is 11.8. The average Bonchev–Trinajstić information content (AvgIpc) is 2.37. The van der Waals surface area contributed by atoms with Crippen molar-refractivity contribution >= 4 is 50.7 Å². The van der Waals surface area contributed by atoms with E-state index in [1.54, 1.807) is 47.7 Å². The number of nitrogens with zero attached hydrogens (tertiary/aromatic N) is 2. The van der Waals surface area contributed by atoms with Gasteiger partial charge in [0.25, 0.3) is 0 Å². The number of carbonyl (C=O) groups excluding carboxylic acids is 2. The summed E-state index contributed by atoms with van der Waals surface area (Å²) in [5.74, 6) is 0. The van der Waals surface area contributed by atoms with Gasteiger partial charge in [0.1, 0.15) is 14.9 Å². The van der Waals surface area contributed by atoms with E-state index in [1.165, 1.54) is 0 Å². The lowest BCUT2D eigenvalue weighted by atomic mass is 10.2. The Morgan fingerprint density at radius 1 is 1.12 bits per heavy atom. The number of aromatic nitrogens is 1. The molecule has 1 rings (SSSR count). The molecule has 0 aliphatic heterocycles. The molecule has 0 saturated heterocycles. The Kier molecular flexibility index (Phi) is 7.67. The number of amides is 2. The van der Waals surface area contributed by atoms with Crippen LogP contribution in [0.5, 0.6) is 0 Å². The van der Waals surface area contributed by atoms with Gasteiger partial charge in [-0.25, -0.2) is 19.5 Å². The maximum Gasteiger partial charge on any atom is 0.419 e. The van der Waals surface area contributed by atoms with E-state index in [1.807, 2.05) is 6.07 Å². The molecule has 0 aromatic carbocycles. The van der Waals surface area contributed by atoms with E-state index in [0.29, 0.717) is 6.42 Å². The van der Waals surface area contributed by atoms with Crippen LogP contribution in [0.4, 0.5) is 9.59 Å². The van der Waals surface area contributed by atoms with Crippen LogP contribution in [0.1, 0.15) is 47.1 Å². The zero-order valence-electron chi connectivity index (χ0n) is 15.4. The first-order valence-electron chi connectivity index (χ1n) is 7.82. The molecule has 0 aliphatic rings. The van der Waals surface area contributed by atoms with Gasteiger partial charge in [0.05, 0.1) is 0 Å². The quantitative estimate of drug-likeness (QED) is 0.402. The molecule has 0 bridgehead atoms. The van der Waals surface area contributed by atoms with Crippen molar-refractivity contribution in [1.29, 1.82) is 0 Å². The number of carbonyl (C=O) groups is 2. The largest absolute Gasteiger partial charge is 0.443 e. The molecule has 0 unspecified atom stereocenters. The van der Waals surface area contributed by atoms with Gasteiger partial charge >= 0.3 is 12.2 Å². The molecule has 0 radical (unpaired) electrons. The zero-order valence-corrected chi connectivity index (χ0v) is 19.1. The molecule has 0 N–H and O–H groups in total. The second kappa shape index (κ2) is 8.66. The highest BCUT2D eigenvalue weighted by Crippen LogP contribution is 2.22. The summed E-state index contributed by atoms with van der Waals surface area (Å²) < 4.78 is 12.4. The SMILES string of the molecule is CC(C)(C)OC(=O)N(CCc1c(Br)ccnc1I)C(=O)OC(C)(C)C. The molecule has 1 heterocycles. The van der Waals surface area contributed by atoms with Crippen LogP contribution in [0.3, 0.4) is 0 Å². The van der Waals surface area contributed by atoms with E-state index < -0.39 is 23.4 Å². The highest BCUT2D eigenvalue weighted by Gasteiger charge is 2.31. The number of halogens is 2. The third kappa shape index (κ3) is 7.89. The topological polar surface area (TPSA) is 68.7 Å². The summed E-state index contributed by atoms with van der Waals surface area (Å²) in [5.41, 5.74) is -0.498. The third-order valence-electron chi connectivity index (χ3n) is 2.76. The van der Waals surface area contributed by atoms with E-state index >= 15 is 0 Å². The number of pyridine rings is 1. The Labute approximate surface area is 170 Å². The van der Waals surface area contributed by atoms with Crippen molar-refractivity contribution in [2.24, 2.45) is 0 Å². The van der Waals surface area contributed by atoms with Gasteiger partial charge in [-0.1, -0.05) is 15.9 Å². The third-order valence-corrected chi connectivity index (χ3v) is 4.43. The summed E-state index contributed by atoms with van der Waals surface area (Å²) in [6.07, 6.45) is 0.675. The molecule has 0 spiro atoms. The van der Waals surface area contributed by atoms with Crippen LogP contribution >= 0.6 is 38.5 Å². The lowest BCUT2D eigenvalue weighted by Crippen LogP contribution is -2.44. The Balaban J connectivity index is 2.98. The Bertz CT molecular complexity index is 590. The van der Waals surface area contributed by atoms with E-state index in [4.69, 9.17) is 9.47 Å². The van der Waals surface area contributed by atoms with Crippen molar-refractivity contribution < 1.29 is 19.1 Å². The van der Waals surface area contributed by atoms with E-state index in [0.717, 1.165) is 18.6 Å². The molecular weight excluding hydrogens is 503 g/mol. The van der Waals surface area contributed by atoms with Gasteiger partial charge in [-0.15, -0.1) is 0 Å². The van der Waals surface area contributed by atoms with Gasteiger partial charge in [-0.3, -0.25) is 0 Å². The monoisotopic (exact) mass is 526 g/mol. The Morgan fingerprint density at radius 3 is 2.00 bits per heavy atom. The minimum atomic E-state index is -0.725. The fourth-order valence-corrected chi connectivity index (χ4v) is 3.38. The lowest BCUT2D eigenvalue weighted by molar-refractivity contribution is 0.00169. The van der Waals surface area contributed by atoms with Gasteiger partial charge in [-0.05, 0) is 82.2 Å². The van der Waals surface area contributed by atoms with Crippen LogP contribution in [0.15, 0.2) is 16.7 Å². The predicted molar refractivity (Wildman–Crippen MR) is 108 cm³/mol. The van der Waals surface area contributed by atoms with Gasteiger partial charge in [-0.2, -0.15) is 0 Å². The Morgan fingerprint density at radius 2 is 1.60 bits per heavy atom.